The molecule has 0 aliphatic carbocycles. The molecule has 1 saturated heterocycles. The van der Waals surface area contributed by atoms with Crippen molar-refractivity contribution in [2.45, 2.75) is 19.4 Å². The summed E-state index contributed by atoms with van der Waals surface area (Å²) >= 11 is 0. The number of amides is 2. The van der Waals surface area contributed by atoms with Crippen LogP contribution in [0.4, 0.5) is 4.79 Å². The lowest BCUT2D eigenvalue weighted by Crippen LogP contribution is -2.49. The number of piperidine rings is 1. The maximum absolute atomic E-state index is 11.5. The number of nitrogens with one attached hydrogen (secondary N) is 1. The van der Waals surface area contributed by atoms with Crippen LogP contribution in [0, 0.1) is 5.92 Å². The van der Waals surface area contributed by atoms with Crippen molar-refractivity contribution in [3.8, 4) is 0 Å². The Balaban J connectivity index is 2.38. The number of aliphatic hydroxyl groups is 1. The molecule has 2 unspecified atom stereocenters. The largest absolute Gasteiger partial charge is 0.391 e. The summed E-state index contributed by atoms with van der Waals surface area (Å²) in [6.45, 7) is 7.16. The zero-order valence-corrected chi connectivity index (χ0v) is 8.57. The lowest BCUT2D eigenvalue weighted by molar-refractivity contribution is 0.0438. The molecule has 80 valence electrons. The van der Waals surface area contributed by atoms with E-state index in [4.69, 9.17) is 0 Å². The van der Waals surface area contributed by atoms with Crippen LogP contribution in [0.15, 0.2) is 12.7 Å². The predicted octanol–water partition coefficient (Wildman–Crippen LogP) is 0.585. The zero-order valence-electron chi connectivity index (χ0n) is 8.57. The van der Waals surface area contributed by atoms with Gasteiger partial charge >= 0.3 is 6.03 Å². The van der Waals surface area contributed by atoms with Gasteiger partial charge in [0.05, 0.1) is 6.10 Å². The Hall–Kier alpha value is -1.03. The summed E-state index contributed by atoms with van der Waals surface area (Å²) in [5.74, 6) is 0.290. The van der Waals surface area contributed by atoms with Crippen LogP contribution in [-0.4, -0.2) is 41.8 Å². The Morgan fingerprint density at radius 3 is 3.07 bits per heavy atom. The quantitative estimate of drug-likeness (QED) is 0.638. The van der Waals surface area contributed by atoms with Crippen molar-refractivity contribution in [2.24, 2.45) is 5.92 Å². The van der Waals surface area contributed by atoms with Gasteiger partial charge in [0.25, 0.3) is 0 Å². The number of likely N-dealkylation sites (tertiary alicyclic amines) is 1. The zero-order chi connectivity index (χ0) is 10.6. The first-order valence-electron chi connectivity index (χ1n) is 4.97. The predicted molar refractivity (Wildman–Crippen MR) is 55.0 cm³/mol. The number of carbonyl (C=O) groups excluding carboxylic acids is 1. The highest BCUT2D eigenvalue weighted by Crippen LogP contribution is 2.16. The fourth-order valence-electron chi connectivity index (χ4n) is 1.50. The molecule has 0 aromatic heterocycles. The van der Waals surface area contributed by atoms with Gasteiger partial charge in [-0.15, -0.1) is 6.58 Å². The minimum atomic E-state index is -0.391. The summed E-state index contributed by atoms with van der Waals surface area (Å²) in [6, 6.07) is -0.115. The molecule has 0 saturated carbocycles. The summed E-state index contributed by atoms with van der Waals surface area (Å²) in [6.07, 6.45) is 2.11. The first-order valence-corrected chi connectivity index (χ1v) is 4.97. The first kappa shape index (κ1) is 11.0. The SMILES string of the molecule is C=CCNC(=O)N1CCC(C)C(O)C1. The maximum atomic E-state index is 11.5. The molecule has 0 bridgehead atoms. The molecule has 1 rings (SSSR count). The standard InChI is InChI=1S/C10H18N2O2/c1-3-5-11-10(14)12-6-4-8(2)9(13)7-12/h3,8-9,13H,1,4-7H2,2H3,(H,11,14). The van der Waals surface area contributed by atoms with E-state index >= 15 is 0 Å². The van der Waals surface area contributed by atoms with Gasteiger partial charge in [-0.3, -0.25) is 0 Å². The number of hydrogen-bond donors (Lipinski definition) is 2. The number of rotatable bonds is 2. The minimum absolute atomic E-state index is 0.115. The minimum Gasteiger partial charge on any atom is -0.391 e. The van der Waals surface area contributed by atoms with Gasteiger partial charge in [0.2, 0.25) is 0 Å². The summed E-state index contributed by atoms with van der Waals surface area (Å²) in [5, 5.41) is 12.3. The molecule has 1 fully saturated rings. The highest BCUT2D eigenvalue weighted by molar-refractivity contribution is 5.74. The maximum Gasteiger partial charge on any atom is 0.317 e. The average molecular weight is 198 g/mol. The second-order valence-corrected chi connectivity index (χ2v) is 3.75. The third kappa shape index (κ3) is 2.73. The Bertz CT molecular complexity index is 218. The molecule has 1 heterocycles. The smallest absolute Gasteiger partial charge is 0.317 e. The van der Waals surface area contributed by atoms with Crippen molar-refractivity contribution in [3.63, 3.8) is 0 Å². The van der Waals surface area contributed by atoms with E-state index in [1.165, 1.54) is 0 Å². The molecule has 2 atom stereocenters. The van der Waals surface area contributed by atoms with Gasteiger partial charge in [-0.1, -0.05) is 13.0 Å². The van der Waals surface area contributed by atoms with Gasteiger partial charge in [0.1, 0.15) is 0 Å². The summed E-state index contributed by atoms with van der Waals surface area (Å²) in [5.41, 5.74) is 0. The van der Waals surface area contributed by atoms with E-state index in [-0.39, 0.29) is 6.03 Å². The summed E-state index contributed by atoms with van der Waals surface area (Å²) < 4.78 is 0. The van der Waals surface area contributed by atoms with Crippen LogP contribution in [0.2, 0.25) is 0 Å². The van der Waals surface area contributed by atoms with E-state index in [0.29, 0.717) is 19.0 Å². The number of nitrogens with zero attached hydrogens (tertiary/aromatic N) is 1. The first-order chi connectivity index (χ1) is 6.65. The normalized spacial score (nSPS) is 27.1. The Kier molecular flexibility index (Phi) is 3.95. The van der Waals surface area contributed by atoms with Crippen LogP contribution in [0.3, 0.4) is 0 Å². The van der Waals surface area contributed by atoms with Crippen molar-refractivity contribution in [1.82, 2.24) is 10.2 Å². The van der Waals surface area contributed by atoms with Gasteiger partial charge < -0.3 is 15.3 Å². The van der Waals surface area contributed by atoms with Gasteiger partial charge in [0, 0.05) is 19.6 Å². The van der Waals surface area contributed by atoms with Crippen molar-refractivity contribution in [2.75, 3.05) is 19.6 Å². The molecule has 0 spiro atoms. The molecule has 2 N–H and O–H groups in total. The lowest BCUT2D eigenvalue weighted by atomic mass is 9.96. The Morgan fingerprint density at radius 2 is 2.50 bits per heavy atom. The Morgan fingerprint density at radius 1 is 1.79 bits per heavy atom. The molecule has 4 nitrogen and oxygen atoms in total. The van der Waals surface area contributed by atoms with Gasteiger partial charge in [0.15, 0.2) is 0 Å². The van der Waals surface area contributed by atoms with E-state index < -0.39 is 6.10 Å². The molecule has 1 aliphatic heterocycles. The second-order valence-electron chi connectivity index (χ2n) is 3.75. The van der Waals surface area contributed by atoms with E-state index in [9.17, 15) is 9.90 Å². The van der Waals surface area contributed by atoms with Crippen LogP contribution in [0.25, 0.3) is 0 Å². The molecule has 4 heteroatoms. The van der Waals surface area contributed by atoms with Gasteiger partial charge in [-0.2, -0.15) is 0 Å². The van der Waals surface area contributed by atoms with Crippen molar-refractivity contribution in [3.05, 3.63) is 12.7 Å². The lowest BCUT2D eigenvalue weighted by Gasteiger charge is -2.34. The van der Waals surface area contributed by atoms with Crippen LogP contribution in [0.5, 0.6) is 0 Å². The summed E-state index contributed by atoms with van der Waals surface area (Å²) in [7, 11) is 0. The van der Waals surface area contributed by atoms with Crippen LogP contribution >= 0.6 is 0 Å². The number of aliphatic hydroxyl groups excluding tert-OH is 1. The molecule has 0 radical (unpaired) electrons. The molecule has 2 amide bonds. The number of carbonyl (C=O) groups is 1. The number of hydrogen-bond acceptors (Lipinski definition) is 2. The third-order valence-electron chi connectivity index (χ3n) is 2.60. The molecular weight excluding hydrogens is 180 g/mol. The van der Waals surface area contributed by atoms with Crippen molar-refractivity contribution >= 4 is 6.03 Å². The third-order valence-corrected chi connectivity index (χ3v) is 2.60. The van der Waals surface area contributed by atoms with E-state index in [1.54, 1.807) is 11.0 Å². The number of urea groups is 1. The van der Waals surface area contributed by atoms with Crippen LogP contribution < -0.4 is 5.32 Å². The van der Waals surface area contributed by atoms with Crippen molar-refractivity contribution in [1.29, 1.82) is 0 Å². The van der Waals surface area contributed by atoms with E-state index in [0.717, 1.165) is 13.0 Å². The highest BCUT2D eigenvalue weighted by Gasteiger charge is 2.26. The molecular formula is C10H18N2O2. The topological polar surface area (TPSA) is 52.6 Å². The summed E-state index contributed by atoms with van der Waals surface area (Å²) in [4.78, 5) is 13.1. The Labute approximate surface area is 84.6 Å². The van der Waals surface area contributed by atoms with Gasteiger partial charge in [-0.25, -0.2) is 4.79 Å². The molecule has 0 aromatic rings. The van der Waals surface area contributed by atoms with E-state index in [1.807, 2.05) is 6.92 Å². The van der Waals surface area contributed by atoms with Crippen LogP contribution in [0.1, 0.15) is 13.3 Å². The van der Waals surface area contributed by atoms with Crippen LogP contribution in [-0.2, 0) is 0 Å². The molecule has 14 heavy (non-hydrogen) atoms. The van der Waals surface area contributed by atoms with Gasteiger partial charge in [-0.05, 0) is 12.3 Å². The number of β-amino-alcohol motifs (C(OH)–C–C–N with tert-alkyl or cyclic N) is 1. The average Bonchev–Trinajstić information content (AvgIpc) is 2.18. The fourth-order valence-corrected chi connectivity index (χ4v) is 1.50. The highest BCUT2D eigenvalue weighted by atomic mass is 16.3. The molecule has 0 aromatic carbocycles. The van der Waals surface area contributed by atoms with Crippen molar-refractivity contribution < 1.29 is 9.90 Å². The monoisotopic (exact) mass is 198 g/mol. The van der Waals surface area contributed by atoms with E-state index in [2.05, 4.69) is 11.9 Å². The second kappa shape index (κ2) is 5.00. The fraction of sp³-hybridized carbons (Fsp3) is 0.700. The molecule has 1 aliphatic rings.